The Balaban J connectivity index is 2.37. The maximum atomic E-state index is 11.1. The first kappa shape index (κ1) is 10.4. The molecule has 0 aliphatic heterocycles. The molecule has 1 rings (SSSR count). The maximum Gasteiger partial charge on any atom is 0.157 e. The van der Waals surface area contributed by atoms with E-state index in [4.69, 9.17) is 0 Å². The molecule has 74 valence electrons. The molecular formula is C11H14N2O. The summed E-state index contributed by atoms with van der Waals surface area (Å²) in [6.45, 7) is 1.98. The van der Waals surface area contributed by atoms with Gasteiger partial charge >= 0.3 is 0 Å². The second-order valence-electron chi connectivity index (χ2n) is 2.91. The molecule has 0 fully saturated rings. The van der Waals surface area contributed by atoms with Crippen molar-refractivity contribution in [3.63, 3.8) is 0 Å². The summed E-state index contributed by atoms with van der Waals surface area (Å²) in [7, 11) is 0. The molecule has 0 saturated carbocycles. The van der Waals surface area contributed by atoms with E-state index in [1.54, 1.807) is 12.4 Å². The Morgan fingerprint density at radius 3 is 3.07 bits per heavy atom. The maximum absolute atomic E-state index is 11.1. The molecule has 3 nitrogen and oxygen atoms in total. The number of anilines is 1. The van der Waals surface area contributed by atoms with Gasteiger partial charge in [0.2, 0.25) is 0 Å². The van der Waals surface area contributed by atoms with Crippen molar-refractivity contribution in [2.45, 2.75) is 19.8 Å². The van der Waals surface area contributed by atoms with Crippen LogP contribution in [0, 0.1) is 0 Å². The van der Waals surface area contributed by atoms with E-state index in [-0.39, 0.29) is 5.78 Å². The molecule has 1 N–H and O–H groups in total. The number of pyridine rings is 1. The summed E-state index contributed by atoms with van der Waals surface area (Å²) in [6.07, 6.45) is 6.34. The molecule has 1 aromatic heterocycles. The van der Waals surface area contributed by atoms with E-state index in [2.05, 4.69) is 10.3 Å². The van der Waals surface area contributed by atoms with E-state index < -0.39 is 0 Å². The molecule has 1 aromatic rings. The lowest BCUT2D eigenvalue weighted by Crippen LogP contribution is -1.94. The Labute approximate surface area is 83.9 Å². The molecule has 0 spiro atoms. The van der Waals surface area contributed by atoms with E-state index >= 15 is 0 Å². The van der Waals surface area contributed by atoms with Crippen molar-refractivity contribution >= 4 is 11.6 Å². The van der Waals surface area contributed by atoms with Gasteiger partial charge in [0.1, 0.15) is 5.82 Å². The number of hydrogen-bond acceptors (Lipinski definition) is 3. The fraction of sp³-hybridized carbons (Fsp3) is 0.273. The third kappa shape index (κ3) is 3.85. The Hall–Kier alpha value is -1.64. The molecule has 14 heavy (non-hydrogen) atoms. The minimum Gasteiger partial charge on any atom is -0.347 e. The molecule has 0 saturated heterocycles. The van der Waals surface area contributed by atoms with Crippen LogP contribution in [0.2, 0.25) is 0 Å². The monoisotopic (exact) mass is 190 g/mol. The van der Waals surface area contributed by atoms with Crippen LogP contribution in [0.5, 0.6) is 0 Å². The number of rotatable bonds is 5. The Morgan fingerprint density at radius 2 is 2.43 bits per heavy atom. The van der Waals surface area contributed by atoms with Gasteiger partial charge in [0.15, 0.2) is 5.78 Å². The summed E-state index contributed by atoms with van der Waals surface area (Å²) >= 11 is 0. The highest BCUT2D eigenvalue weighted by atomic mass is 16.1. The second kappa shape index (κ2) is 5.91. The lowest BCUT2D eigenvalue weighted by atomic mass is 10.2. The van der Waals surface area contributed by atoms with Gasteiger partial charge in [-0.2, -0.15) is 0 Å². The second-order valence-corrected chi connectivity index (χ2v) is 2.91. The molecule has 0 unspecified atom stereocenters. The zero-order chi connectivity index (χ0) is 10.2. The van der Waals surface area contributed by atoms with Crippen LogP contribution in [0.4, 0.5) is 5.82 Å². The standard InChI is InChI=1S/C11H14N2O/c1-2-5-10(14)7-9-13-11-6-3-4-8-12-11/h3-4,6-9H,2,5H2,1H3,(H,12,13)/b9-7+. The number of ketones is 1. The van der Waals surface area contributed by atoms with E-state index in [0.717, 1.165) is 12.2 Å². The number of aromatic nitrogens is 1. The van der Waals surface area contributed by atoms with Crippen molar-refractivity contribution in [1.82, 2.24) is 4.98 Å². The van der Waals surface area contributed by atoms with Gasteiger partial charge in [0, 0.05) is 18.8 Å². The average Bonchev–Trinajstić information content (AvgIpc) is 2.20. The predicted octanol–water partition coefficient (Wildman–Crippen LogP) is 2.38. The minimum absolute atomic E-state index is 0.135. The van der Waals surface area contributed by atoms with Gasteiger partial charge in [-0.15, -0.1) is 0 Å². The Morgan fingerprint density at radius 1 is 1.57 bits per heavy atom. The smallest absolute Gasteiger partial charge is 0.157 e. The van der Waals surface area contributed by atoms with Crippen LogP contribution >= 0.6 is 0 Å². The molecule has 3 heteroatoms. The third-order valence-corrected chi connectivity index (χ3v) is 1.66. The average molecular weight is 190 g/mol. The van der Waals surface area contributed by atoms with E-state index in [1.165, 1.54) is 6.08 Å². The van der Waals surface area contributed by atoms with Gasteiger partial charge in [-0.1, -0.05) is 13.0 Å². The summed E-state index contributed by atoms with van der Waals surface area (Å²) in [5.74, 6) is 0.879. The summed E-state index contributed by atoms with van der Waals surface area (Å²) < 4.78 is 0. The number of nitrogens with one attached hydrogen (secondary N) is 1. The quantitative estimate of drug-likeness (QED) is 0.725. The van der Waals surface area contributed by atoms with Crippen LogP contribution in [0.1, 0.15) is 19.8 Å². The number of carbonyl (C=O) groups excluding carboxylic acids is 1. The molecule has 1 heterocycles. The molecule has 0 aliphatic carbocycles. The lowest BCUT2D eigenvalue weighted by Gasteiger charge is -1.96. The molecule has 0 radical (unpaired) electrons. The summed E-state index contributed by atoms with van der Waals surface area (Å²) in [5, 5.41) is 2.92. The first-order valence-electron chi connectivity index (χ1n) is 4.70. The first-order chi connectivity index (χ1) is 6.83. The fourth-order valence-electron chi connectivity index (χ4n) is 0.998. The van der Waals surface area contributed by atoms with Crippen molar-refractivity contribution < 1.29 is 4.79 Å². The van der Waals surface area contributed by atoms with Gasteiger partial charge in [-0.3, -0.25) is 4.79 Å². The predicted molar refractivity (Wildman–Crippen MR) is 56.9 cm³/mol. The van der Waals surface area contributed by atoms with Crippen LogP contribution in [0.3, 0.4) is 0 Å². The van der Waals surface area contributed by atoms with Crippen LogP contribution in [0.15, 0.2) is 36.7 Å². The summed E-state index contributed by atoms with van der Waals surface area (Å²) in [6, 6.07) is 5.57. The van der Waals surface area contributed by atoms with Gasteiger partial charge in [-0.05, 0) is 24.6 Å². The zero-order valence-electron chi connectivity index (χ0n) is 8.23. The molecule has 0 bridgehead atoms. The highest BCUT2D eigenvalue weighted by Gasteiger charge is 1.92. The van der Waals surface area contributed by atoms with Gasteiger partial charge in [0.25, 0.3) is 0 Å². The largest absolute Gasteiger partial charge is 0.347 e. The third-order valence-electron chi connectivity index (χ3n) is 1.66. The summed E-state index contributed by atoms with van der Waals surface area (Å²) in [5.41, 5.74) is 0. The van der Waals surface area contributed by atoms with E-state index in [9.17, 15) is 4.79 Å². The molecule has 0 aliphatic rings. The van der Waals surface area contributed by atoms with Gasteiger partial charge in [0.05, 0.1) is 0 Å². The lowest BCUT2D eigenvalue weighted by molar-refractivity contribution is -0.114. The van der Waals surface area contributed by atoms with E-state index in [1.807, 2.05) is 25.1 Å². The van der Waals surface area contributed by atoms with Crippen molar-refractivity contribution in [2.75, 3.05) is 5.32 Å². The van der Waals surface area contributed by atoms with Gasteiger partial charge < -0.3 is 5.32 Å². The highest BCUT2D eigenvalue weighted by Crippen LogP contribution is 1.99. The minimum atomic E-state index is 0.135. The van der Waals surface area contributed by atoms with Crippen LogP contribution < -0.4 is 5.32 Å². The number of nitrogens with zero attached hydrogens (tertiary/aromatic N) is 1. The molecule has 0 aromatic carbocycles. The molecular weight excluding hydrogens is 176 g/mol. The van der Waals surface area contributed by atoms with Crippen molar-refractivity contribution in [2.24, 2.45) is 0 Å². The summed E-state index contributed by atoms with van der Waals surface area (Å²) in [4.78, 5) is 15.1. The van der Waals surface area contributed by atoms with Crippen LogP contribution in [-0.2, 0) is 4.79 Å². The number of carbonyl (C=O) groups is 1. The zero-order valence-corrected chi connectivity index (χ0v) is 8.23. The van der Waals surface area contributed by atoms with Crippen molar-refractivity contribution in [1.29, 1.82) is 0 Å². The molecule has 0 amide bonds. The highest BCUT2D eigenvalue weighted by molar-refractivity contribution is 5.89. The van der Waals surface area contributed by atoms with Gasteiger partial charge in [-0.25, -0.2) is 4.98 Å². The fourth-order valence-corrected chi connectivity index (χ4v) is 0.998. The Kier molecular flexibility index (Phi) is 4.41. The first-order valence-corrected chi connectivity index (χ1v) is 4.70. The molecule has 0 atom stereocenters. The SMILES string of the molecule is CCCC(=O)/C=C/Nc1ccccn1. The number of hydrogen-bond donors (Lipinski definition) is 1. The number of allylic oxidation sites excluding steroid dienone is 1. The van der Waals surface area contributed by atoms with Crippen molar-refractivity contribution in [3.05, 3.63) is 36.7 Å². The topological polar surface area (TPSA) is 42.0 Å². The Bertz CT molecular complexity index is 306. The van der Waals surface area contributed by atoms with Crippen LogP contribution in [-0.4, -0.2) is 10.8 Å². The normalized spacial score (nSPS) is 10.4. The van der Waals surface area contributed by atoms with Crippen molar-refractivity contribution in [3.8, 4) is 0 Å². The van der Waals surface area contributed by atoms with E-state index in [0.29, 0.717) is 6.42 Å². The van der Waals surface area contributed by atoms with Crippen LogP contribution in [0.25, 0.3) is 0 Å².